The van der Waals surface area contributed by atoms with E-state index in [2.05, 4.69) is 20.7 Å². The van der Waals surface area contributed by atoms with E-state index in [-0.39, 0.29) is 12.5 Å². The van der Waals surface area contributed by atoms with Crippen LogP contribution >= 0.6 is 15.9 Å². The van der Waals surface area contributed by atoms with E-state index in [1.807, 2.05) is 6.92 Å². The summed E-state index contributed by atoms with van der Waals surface area (Å²) in [6.45, 7) is 2.39. The van der Waals surface area contributed by atoms with Gasteiger partial charge in [-0.05, 0) is 40.5 Å². The molecule has 0 unspecified atom stereocenters. The number of halogens is 1. The summed E-state index contributed by atoms with van der Waals surface area (Å²) in [7, 11) is 2.86. The van der Waals surface area contributed by atoms with Crippen LogP contribution in [0.1, 0.15) is 23.7 Å². The average Bonchev–Trinajstić information content (AvgIpc) is 2.45. The van der Waals surface area contributed by atoms with Crippen LogP contribution in [0.5, 0.6) is 5.75 Å². The number of nitrogens with zero attached hydrogens (tertiary/aromatic N) is 1. The van der Waals surface area contributed by atoms with Gasteiger partial charge in [0.15, 0.2) is 0 Å². The van der Waals surface area contributed by atoms with E-state index in [0.717, 1.165) is 6.42 Å². The first-order valence-electron chi connectivity index (χ1n) is 6.23. The number of carbonyl (C=O) groups is 2. The van der Waals surface area contributed by atoms with Gasteiger partial charge in [0, 0.05) is 12.1 Å². The number of amides is 1. The van der Waals surface area contributed by atoms with Gasteiger partial charge in [-0.2, -0.15) is 0 Å². The average molecular weight is 344 g/mol. The molecule has 1 amide bonds. The molecule has 1 aromatic carbocycles. The fraction of sp³-hybridized carbons (Fsp3) is 0.429. The predicted molar refractivity (Wildman–Crippen MR) is 78.9 cm³/mol. The van der Waals surface area contributed by atoms with E-state index in [9.17, 15) is 9.59 Å². The third-order valence-electron chi connectivity index (χ3n) is 2.73. The summed E-state index contributed by atoms with van der Waals surface area (Å²) in [5.41, 5.74) is 0.495. The van der Waals surface area contributed by atoms with Crippen molar-refractivity contribution in [2.75, 3.05) is 27.3 Å². The van der Waals surface area contributed by atoms with Crippen LogP contribution in [-0.2, 0) is 9.53 Å². The Labute approximate surface area is 127 Å². The number of benzene rings is 1. The van der Waals surface area contributed by atoms with E-state index < -0.39 is 5.97 Å². The first-order valence-corrected chi connectivity index (χ1v) is 7.02. The lowest BCUT2D eigenvalue weighted by Crippen LogP contribution is -2.36. The predicted octanol–water partition coefficient (Wildman–Crippen LogP) is 2.48. The summed E-state index contributed by atoms with van der Waals surface area (Å²) >= 11 is 3.34. The number of carbonyl (C=O) groups excluding carboxylic acids is 2. The Morgan fingerprint density at radius 3 is 2.50 bits per heavy atom. The quantitative estimate of drug-likeness (QED) is 0.744. The van der Waals surface area contributed by atoms with Crippen LogP contribution in [0, 0.1) is 0 Å². The van der Waals surface area contributed by atoms with Crippen molar-refractivity contribution >= 4 is 27.8 Å². The minimum absolute atomic E-state index is 0.0488. The van der Waals surface area contributed by atoms with Crippen molar-refractivity contribution in [3.63, 3.8) is 0 Å². The summed E-state index contributed by atoms with van der Waals surface area (Å²) in [5.74, 6) is 0.0107. The topological polar surface area (TPSA) is 55.8 Å². The van der Waals surface area contributed by atoms with Crippen LogP contribution in [-0.4, -0.2) is 44.1 Å². The van der Waals surface area contributed by atoms with Gasteiger partial charge in [0.25, 0.3) is 5.91 Å². The molecule has 110 valence electrons. The van der Waals surface area contributed by atoms with E-state index in [1.165, 1.54) is 12.0 Å². The van der Waals surface area contributed by atoms with Crippen molar-refractivity contribution in [1.29, 1.82) is 0 Å². The zero-order valence-electron chi connectivity index (χ0n) is 11.8. The molecule has 0 aliphatic heterocycles. The lowest BCUT2D eigenvalue weighted by molar-refractivity contribution is -0.141. The number of rotatable bonds is 6. The highest BCUT2D eigenvalue weighted by molar-refractivity contribution is 9.10. The molecule has 1 rings (SSSR count). The summed E-state index contributed by atoms with van der Waals surface area (Å²) in [6.07, 6.45) is 0.764. The van der Waals surface area contributed by atoms with Crippen molar-refractivity contribution in [2.45, 2.75) is 13.3 Å². The van der Waals surface area contributed by atoms with Gasteiger partial charge in [0.2, 0.25) is 0 Å². The van der Waals surface area contributed by atoms with Crippen LogP contribution in [0.25, 0.3) is 0 Å². The van der Waals surface area contributed by atoms with E-state index in [4.69, 9.17) is 4.74 Å². The first-order chi connectivity index (χ1) is 9.53. The van der Waals surface area contributed by atoms with E-state index >= 15 is 0 Å². The van der Waals surface area contributed by atoms with Gasteiger partial charge < -0.3 is 14.4 Å². The summed E-state index contributed by atoms with van der Waals surface area (Å²) in [5, 5.41) is 0. The number of hydrogen-bond donors (Lipinski definition) is 0. The monoisotopic (exact) mass is 343 g/mol. The highest BCUT2D eigenvalue weighted by Gasteiger charge is 2.19. The van der Waals surface area contributed by atoms with Crippen LogP contribution < -0.4 is 4.74 Å². The van der Waals surface area contributed by atoms with Crippen molar-refractivity contribution < 1.29 is 19.1 Å². The lowest BCUT2D eigenvalue weighted by Gasteiger charge is -2.21. The Balaban J connectivity index is 2.93. The van der Waals surface area contributed by atoms with Crippen LogP contribution in [0.2, 0.25) is 0 Å². The molecule has 0 bridgehead atoms. The molecule has 0 saturated heterocycles. The molecule has 0 heterocycles. The molecule has 0 aliphatic carbocycles. The number of ether oxygens (including phenoxy) is 2. The molecule has 1 aromatic rings. The Hall–Kier alpha value is -1.56. The highest BCUT2D eigenvalue weighted by atomic mass is 79.9. The smallest absolute Gasteiger partial charge is 0.325 e. The normalized spacial score (nSPS) is 10.0. The van der Waals surface area contributed by atoms with Crippen molar-refractivity contribution in [3.8, 4) is 5.75 Å². The molecule has 5 nitrogen and oxygen atoms in total. The van der Waals surface area contributed by atoms with Gasteiger partial charge in [-0.25, -0.2) is 0 Å². The van der Waals surface area contributed by atoms with E-state index in [0.29, 0.717) is 22.3 Å². The second kappa shape index (κ2) is 7.89. The van der Waals surface area contributed by atoms with Gasteiger partial charge >= 0.3 is 5.97 Å². The summed E-state index contributed by atoms with van der Waals surface area (Å²) in [4.78, 5) is 25.2. The Kier molecular flexibility index (Phi) is 6.51. The molecule has 0 radical (unpaired) electrons. The van der Waals surface area contributed by atoms with Crippen molar-refractivity contribution in [3.05, 3.63) is 28.2 Å². The highest BCUT2D eigenvalue weighted by Crippen LogP contribution is 2.26. The van der Waals surface area contributed by atoms with Gasteiger partial charge in [-0.15, -0.1) is 0 Å². The maximum absolute atomic E-state index is 12.4. The second-order valence-electron chi connectivity index (χ2n) is 4.15. The molecule has 0 N–H and O–H groups in total. The number of hydrogen-bond acceptors (Lipinski definition) is 4. The molecular formula is C14H18BrNO4. The Bertz CT molecular complexity index is 490. The zero-order chi connectivity index (χ0) is 15.1. The molecule has 6 heteroatoms. The number of esters is 1. The minimum Gasteiger partial charge on any atom is -0.496 e. The molecule has 20 heavy (non-hydrogen) atoms. The summed E-state index contributed by atoms with van der Waals surface area (Å²) < 4.78 is 10.4. The van der Waals surface area contributed by atoms with Crippen LogP contribution in [0.4, 0.5) is 0 Å². The second-order valence-corrected chi connectivity index (χ2v) is 5.01. The van der Waals surface area contributed by atoms with Gasteiger partial charge in [-0.3, -0.25) is 9.59 Å². The standard InChI is InChI=1S/C14H18BrNO4/c1-4-7-16(9-13(17)20-3)14(18)10-5-6-12(19-2)11(15)8-10/h5-6,8H,4,7,9H2,1-3H3. The maximum atomic E-state index is 12.4. The van der Waals surface area contributed by atoms with Crippen molar-refractivity contribution in [2.24, 2.45) is 0 Å². The third kappa shape index (κ3) is 4.23. The molecule has 0 fully saturated rings. The first kappa shape index (κ1) is 16.5. The SMILES string of the molecule is CCCN(CC(=O)OC)C(=O)c1ccc(OC)c(Br)c1. The van der Waals surface area contributed by atoms with Crippen molar-refractivity contribution in [1.82, 2.24) is 4.90 Å². The molecule has 0 atom stereocenters. The Morgan fingerprint density at radius 1 is 1.30 bits per heavy atom. The molecule has 0 aromatic heterocycles. The molecular weight excluding hydrogens is 326 g/mol. The third-order valence-corrected chi connectivity index (χ3v) is 3.35. The number of methoxy groups -OCH3 is 2. The largest absolute Gasteiger partial charge is 0.496 e. The van der Waals surface area contributed by atoms with E-state index in [1.54, 1.807) is 25.3 Å². The van der Waals surface area contributed by atoms with Gasteiger partial charge in [0.1, 0.15) is 12.3 Å². The maximum Gasteiger partial charge on any atom is 0.325 e. The van der Waals surface area contributed by atoms with Gasteiger partial charge in [-0.1, -0.05) is 6.92 Å². The molecule has 0 saturated carbocycles. The fourth-order valence-corrected chi connectivity index (χ4v) is 2.27. The Morgan fingerprint density at radius 2 is 2.00 bits per heavy atom. The molecule has 0 aliphatic rings. The summed E-state index contributed by atoms with van der Waals surface area (Å²) in [6, 6.07) is 5.06. The molecule has 0 spiro atoms. The minimum atomic E-state index is -0.431. The zero-order valence-corrected chi connectivity index (χ0v) is 13.4. The lowest BCUT2D eigenvalue weighted by atomic mass is 10.2. The van der Waals surface area contributed by atoms with Crippen LogP contribution in [0.3, 0.4) is 0 Å². The fourth-order valence-electron chi connectivity index (χ4n) is 1.72. The van der Waals surface area contributed by atoms with Gasteiger partial charge in [0.05, 0.1) is 18.7 Å². The van der Waals surface area contributed by atoms with Crippen LogP contribution in [0.15, 0.2) is 22.7 Å².